The second-order valence-electron chi connectivity index (χ2n) is 4.63. The Hall–Kier alpha value is -0.930. The predicted octanol–water partition coefficient (Wildman–Crippen LogP) is 1.85. The predicted molar refractivity (Wildman–Crippen MR) is 64.0 cm³/mol. The lowest BCUT2D eigenvalue weighted by molar-refractivity contribution is 0.125. The van der Waals surface area contributed by atoms with E-state index in [1.165, 1.54) is 18.4 Å². The summed E-state index contributed by atoms with van der Waals surface area (Å²) in [4.78, 5) is 6.66. The lowest BCUT2D eigenvalue weighted by Gasteiger charge is -2.31. The highest BCUT2D eigenvalue weighted by molar-refractivity contribution is 5.15. The van der Waals surface area contributed by atoms with Crippen molar-refractivity contribution in [3.63, 3.8) is 0 Å². The van der Waals surface area contributed by atoms with E-state index < -0.39 is 0 Å². The highest BCUT2D eigenvalue weighted by Gasteiger charge is 2.27. The molecule has 0 bridgehead atoms. The van der Waals surface area contributed by atoms with Crippen molar-refractivity contribution in [3.8, 4) is 0 Å². The lowest BCUT2D eigenvalue weighted by atomic mass is 9.95. The molecule has 1 aromatic rings. The fourth-order valence-corrected chi connectivity index (χ4v) is 2.57. The van der Waals surface area contributed by atoms with E-state index in [0.717, 1.165) is 13.1 Å². The molecule has 1 aliphatic rings. The minimum atomic E-state index is 0.232. The summed E-state index contributed by atoms with van der Waals surface area (Å²) in [5, 5.41) is 9.38. The second-order valence-corrected chi connectivity index (χ2v) is 4.63. The molecule has 3 heteroatoms. The number of aromatic nitrogens is 1. The quantitative estimate of drug-likeness (QED) is 0.841. The third kappa shape index (κ3) is 2.42. The summed E-state index contributed by atoms with van der Waals surface area (Å²) < 4.78 is 0. The van der Waals surface area contributed by atoms with E-state index in [1.807, 2.05) is 12.3 Å². The Bertz CT molecular complexity index is 309. The maximum Gasteiger partial charge on any atom is 0.0474 e. The van der Waals surface area contributed by atoms with Gasteiger partial charge in [0.05, 0.1) is 0 Å². The summed E-state index contributed by atoms with van der Waals surface area (Å²) in [7, 11) is 0. The molecule has 1 aliphatic heterocycles. The van der Waals surface area contributed by atoms with E-state index in [0.29, 0.717) is 6.04 Å². The Balaban J connectivity index is 2.20. The van der Waals surface area contributed by atoms with Crippen molar-refractivity contribution < 1.29 is 5.11 Å². The van der Waals surface area contributed by atoms with Gasteiger partial charge in [-0.05, 0) is 43.5 Å². The molecule has 0 spiro atoms. The number of aliphatic hydroxyl groups excluding tert-OH is 1. The first-order valence-corrected chi connectivity index (χ1v) is 6.07. The van der Waals surface area contributed by atoms with E-state index in [9.17, 15) is 5.11 Å². The zero-order chi connectivity index (χ0) is 11.4. The van der Waals surface area contributed by atoms with Crippen LogP contribution >= 0.6 is 0 Å². The molecule has 1 fully saturated rings. The first-order valence-electron chi connectivity index (χ1n) is 6.07. The number of rotatable bonds is 4. The van der Waals surface area contributed by atoms with Gasteiger partial charge in [-0.2, -0.15) is 0 Å². The van der Waals surface area contributed by atoms with Crippen LogP contribution in [0, 0.1) is 5.92 Å². The smallest absolute Gasteiger partial charge is 0.0474 e. The van der Waals surface area contributed by atoms with Crippen molar-refractivity contribution in [3.05, 3.63) is 30.1 Å². The Labute approximate surface area is 97.1 Å². The number of pyridine rings is 1. The summed E-state index contributed by atoms with van der Waals surface area (Å²) >= 11 is 0. The maximum absolute atomic E-state index is 9.38. The van der Waals surface area contributed by atoms with Gasteiger partial charge >= 0.3 is 0 Å². The van der Waals surface area contributed by atoms with Crippen LogP contribution in [-0.2, 0) is 0 Å². The van der Waals surface area contributed by atoms with Gasteiger partial charge in [0.1, 0.15) is 0 Å². The number of aliphatic hydroxyl groups is 1. The van der Waals surface area contributed by atoms with Crippen LogP contribution in [0.3, 0.4) is 0 Å². The van der Waals surface area contributed by atoms with Crippen LogP contribution in [0.25, 0.3) is 0 Å². The largest absolute Gasteiger partial charge is 0.396 e. The SMILES string of the molecule is CC(CO)C(c1cccnc1)N1CCCC1. The Morgan fingerprint density at radius 1 is 1.44 bits per heavy atom. The summed E-state index contributed by atoms with van der Waals surface area (Å²) in [6, 6.07) is 4.41. The standard InChI is InChI=1S/C13H20N2O/c1-11(10-16)13(15-7-2-3-8-15)12-5-4-6-14-9-12/h4-6,9,11,13,16H,2-3,7-8,10H2,1H3. The summed E-state index contributed by atoms with van der Waals surface area (Å²) in [5.74, 6) is 0.266. The van der Waals surface area contributed by atoms with E-state index in [1.54, 1.807) is 6.20 Å². The van der Waals surface area contributed by atoms with Crippen molar-refractivity contribution in [1.82, 2.24) is 9.88 Å². The van der Waals surface area contributed by atoms with E-state index in [4.69, 9.17) is 0 Å². The van der Waals surface area contributed by atoms with Gasteiger partial charge < -0.3 is 5.11 Å². The molecule has 2 unspecified atom stereocenters. The molecule has 1 saturated heterocycles. The highest BCUT2D eigenvalue weighted by Crippen LogP contribution is 2.30. The van der Waals surface area contributed by atoms with E-state index in [-0.39, 0.29) is 12.5 Å². The van der Waals surface area contributed by atoms with Crippen LogP contribution in [0.5, 0.6) is 0 Å². The molecule has 0 saturated carbocycles. The van der Waals surface area contributed by atoms with Gasteiger partial charge in [-0.15, -0.1) is 0 Å². The first kappa shape index (κ1) is 11.6. The van der Waals surface area contributed by atoms with Crippen molar-refractivity contribution >= 4 is 0 Å². The van der Waals surface area contributed by atoms with Gasteiger partial charge in [-0.25, -0.2) is 0 Å². The molecule has 88 valence electrons. The maximum atomic E-state index is 9.38. The monoisotopic (exact) mass is 220 g/mol. The highest BCUT2D eigenvalue weighted by atomic mass is 16.3. The molecule has 2 rings (SSSR count). The van der Waals surface area contributed by atoms with Gasteiger partial charge in [0.25, 0.3) is 0 Å². The molecular formula is C13H20N2O. The molecular weight excluding hydrogens is 200 g/mol. The third-order valence-corrected chi connectivity index (χ3v) is 3.39. The number of likely N-dealkylation sites (tertiary alicyclic amines) is 1. The van der Waals surface area contributed by atoms with Crippen LogP contribution < -0.4 is 0 Å². The summed E-state index contributed by atoms with van der Waals surface area (Å²) in [6.45, 7) is 4.62. The van der Waals surface area contributed by atoms with Crippen molar-refractivity contribution in [2.45, 2.75) is 25.8 Å². The first-order chi connectivity index (χ1) is 7.83. The van der Waals surface area contributed by atoms with Crippen LogP contribution in [0.2, 0.25) is 0 Å². The number of hydrogen-bond donors (Lipinski definition) is 1. The topological polar surface area (TPSA) is 36.4 Å². The van der Waals surface area contributed by atoms with Gasteiger partial charge in [-0.3, -0.25) is 9.88 Å². The average Bonchev–Trinajstić information content (AvgIpc) is 2.84. The zero-order valence-corrected chi connectivity index (χ0v) is 9.84. The number of hydrogen-bond acceptors (Lipinski definition) is 3. The van der Waals surface area contributed by atoms with Crippen LogP contribution in [0.4, 0.5) is 0 Å². The number of nitrogens with zero attached hydrogens (tertiary/aromatic N) is 2. The van der Waals surface area contributed by atoms with Crippen LogP contribution in [-0.4, -0.2) is 34.7 Å². The normalized spacial score (nSPS) is 20.9. The van der Waals surface area contributed by atoms with Crippen molar-refractivity contribution in [1.29, 1.82) is 0 Å². The van der Waals surface area contributed by atoms with Crippen LogP contribution in [0.1, 0.15) is 31.4 Å². The van der Waals surface area contributed by atoms with Gasteiger partial charge in [0, 0.05) is 25.0 Å². The molecule has 0 radical (unpaired) electrons. The Morgan fingerprint density at radius 3 is 2.75 bits per heavy atom. The minimum absolute atomic E-state index is 0.232. The minimum Gasteiger partial charge on any atom is -0.396 e. The average molecular weight is 220 g/mol. The zero-order valence-electron chi connectivity index (χ0n) is 9.84. The fourth-order valence-electron chi connectivity index (χ4n) is 2.57. The third-order valence-electron chi connectivity index (χ3n) is 3.39. The molecule has 2 atom stereocenters. The molecule has 0 amide bonds. The fraction of sp³-hybridized carbons (Fsp3) is 0.615. The van der Waals surface area contributed by atoms with E-state index in [2.05, 4.69) is 22.9 Å². The molecule has 0 aromatic carbocycles. The molecule has 3 nitrogen and oxygen atoms in total. The molecule has 1 N–H and O–H groups in total. The van der Waals surface area contributed by atoms with Gasteiger partial charge in [0.2, 0.25) is 0 Å². The Morgan fingerprint density at radius 2 is 2.19 bits per heavy atom. The van der Waals surface area contributed by atoms with Crippen LogP contribution in [0.15, 0.2) is 24.5 Å². The van der Waals surface area contributed by atoms with Crippen molar-refractivity contribution in [2.75, 3.05) is 19.7 Å². The second kappa shape index (κ2) is 5.41. The summed E-state index contributed by atoms with van der Waals surface area (Å²) in [6.07, 6.45) is 6.27. The Kier molecular flexibility index (Phi) is 3.91. The van der Waals surface area contributed by atoms with Crippen molar-refractivity contribution in [2.24, 2.45) is 5.92 Å². The molecule has 0 aliphatic carbocycles. The van der Waals surface area contributed by atoms with Gasteiger partial charge in [0.15, 0.2) is 0 Å². The van der Waals surface area contributed by atoms with E-state index >= 15 is 0 Å². The lowest BCUT2D eigenvalue weighted by Crippen LogP contribution is -2.32. The molecule has 2 heterocycles. The van der Waals surface area contributed by atoms with Gasteiger partial charge in [-0.1, -0.05) is 13.0 Å². The summed E-state index contributed by atoms with van der Waals surface area (Å²) in [5.41, 5.74) is 1.23. The molecule has 16 heavy (non-hydrogen) atoms. The molecule has 1 aromatic heterocycles.